The Balaban J connectivity index is 1.81. The predicted octanol–water partition coefficient (Wildman–Crippen LogP) is 2.20. The average Bonchev–Trinajstić information content (AvgIpc) is 3.07. The minimum absolute atomic E-state index is 0.304. The lowest BCUT2D eigenvalue weighted by molar-refractivity contribution is 0.174. The summed E-state index contributed by atoms with van der Waals surface area (Å²) in [5, 5.41) is 6.69. The van der Waals surface area contributed by atoms with E-state index in [1.165, 1.54) is 0 Å². The van der Waals surface area contributed by atoms with Crippen LogP contribution in [0.1, 0.15) is 32.8 Å². The van der Waals surface area contributed by atoms with Crippen LogP contribution in [0.15, 0.2) is 23.2 Å². The zero-order chi connectivity index (χ0) is 17.2. The van der Waals surface area contributed by atoms with Crippen molar-refractivity contribution < 1.29 is 9.47 Å². The van der Waals surface area contributed by atoms with E-state index < -0.39 is 0 Å². The van der Waals surface area contributed by atoms with Gasteiger partial charge in [0.05, 0.1) is 6.54 Å². The maximum atomic E-state index is 5.41. The zero-order valence-electron chi connectivity index (χ0n) is 15.1. The van der Waals surface area contributed by atoms with Crippen molar-refractivity contribution in [3.63, 3.8) is 0 Å². The van der Waals surface area contributed by atoms with Gasteiger partial charge in [-0.1, -0.05) is 19.9 Å². The Kier molecular flexibility index (Phi) is 7.68. The molecule has 6 nitrogen and oxygen atoms in total. The third-order valence-electron chi connectivity index (χ3n) is 4.04. The number of ether oxygens (including phenoxy) is 2. The van der Waals surface area contributed by atoms with E-state index in [9.17, 15) is 0 Å². The molecule has 0 spiro atoms. The number of hydrogen-bond donors (Lipinski definition) is 2. The van der Waals surface area contributed by atoms with Crippen molar-refractivity contribution in [1.82, 2.24) is 15.5 Å². The Labute approximate surface area is 145 Å². The molecular weight excluding hydrogens is 304 g/mol. The van der Waals surface area contributed by atoms with Gasteiger partial charge in [-0.3, -0.25) is 0 Å². The van der Waals surface area contributed by atoms with Crippen LogP contribution in [0.25, 0.3) is 0 Å². The second kappa shape index (κ2) is 10.0. The Morgan fingerprint density at radius 3 is 2.67 bits per heavy atom. The molecule has 1 heterocycles. The fraction of sp³-hybridized carbons (Fsp3) is 0.611. The number of guanidine groups is 1. The summed E-state index contributed by atoms with van der Waals surface area (Å²) in [6.07, 6.45) is 1.11. The maximum Gasteiger partial charge on any atom is 0.231 e. The molecule has 0 aromatic heterocycles. The molecule has 1 aromatic rings. The summed E-state index contributed by atoms with van der Waals surface area (Å²) in [7, 11) is 0. The molecule has 1 aliphatic rings. The Morgan fingerprint density at radius 2 is 1.92 bits per heavy atom. The smallest absolute Gasteiger partial charge is 0.231 e. The number of fused-ring (bicyclic) bond motifs is 1. The quantitative estimate of drug-likeness (QED) is 0.412. The molecule has 134 valence electrons. The van der Waals surface area contributed by atoms with E-state index in [0.717, 1.165) is 62.2 Å². The van der Waals surface area contributed by atoms with Crippen molar-refractivity contribution >= 4 is 5.96 Å². The van der Waals surface area contributed by atoms with E-state index in [2.05, 4.69) is 41.3 Å². The van der Waals surface area contributed by atoms with Crippen LogP contribution >= 0.6 is 0 Å². The Morgan fingerprint density at radius 1 is 1.12 bits per heavy atom. The van der Waals surface area contributed by atoms with Gasteiger partial charge in [-0.2, -0.15) is 0 Å². The van der Waals surface area contributed by atoms with E-state index in [1.807, 2.05) is 18.2 Å². The molecule has 0 unspecified atom stereocenters. The van der Waals surface area contributed by atoms with Gasteiger partial charge in [0.15, 0.2) is 17.5 Å². The van der Waals surface area contributed by atoms with Gasteiger partial charge in [0.2, 0.25) is 6.79 Å². The minimum Gasteiger partial charge on any atom is -0.454 e. The van der Waals surface area contributed by atoms with Crippen LogP contribution in [0.3, 0.4) is 0 Å². The van der Waals surface area contributed by atoms with Gasteiger partial charge in [-0.15, -0.1) is 0 Å². The number of benzene rings is 1. The summed E-state index contributed by atoms with van der Waals surface area (Å²) in [5.74, 6) is 2.47. The number of nitrogens with one attached hydrogen (secondary N) is 2. The SMILES string of the molecule is CCNC(=NCc1ccc2c(c1)OCO2)NCCCN(CC)CC. The van der Waals surface area contributed by atoms with E-state index in [0.29, 0.717) is 13.3 Å². The highest BCUT2D eigenvalue weighted by molar-refractivity contribution is 5.79. The highest BCUT2D eigenvalue weighted by Crippen LogP contribution is 2.32. The summed E-state index contributed by atoms with van der Waals surface area (Å²) in [6, 6.07) is 5.97. The molecule has 1 aliphatic heterocycles. The lowest BCUT2D eigenvalue weighted by Gasteiger charge is -2.18. The topological polar surface area (TPSA) is 58.1 Å². The lowest BCUT2D eigenvalue weighted by atomic mass is 10.2. The van der Waals surface area contributed by atoms with Crippen LogP contribution in [0.2, 0.25) is 0 Å². The van der Waals surface area contributed by atoms with E-state index in [-0.39, 0.29) is 0 Å². The van der Waals surface area contributed by atoms with Crippen LogP contribution in [0.5, 0.6) is 11.5 Å². The highest BCUT2D eigenvalue weighted by Gasteiger charge is 2.12. The summed E-state index contributed by atoms with van der Waals surface area (Å²) in [5.41, 5.74) is 1.11. The summed E-state index contributed by atoms with van der Waals surface area (Å²) >= 11 is 0. The number of aliphatic imine (C=N–C) groups is 1. The summed E-state index contributed by atoms with van der Waals surface area (Å²) in [4.78, 5) is 7.08. The minimum atomic E-state index is 0.304. The van der Waals surface area contributed by atoms with Gasteiger partial charge < -0.3 is 25.0 Å². The first-order chi connectivity index (χ1) is 11.8. The molecule has 0 radical (unpaired) electrons. The molecule has 1 aromatic carbocycles. The first-order valence-corrected chi connectivity index (χ1v) is 8.89. The van der Waals surface area contributed by atoms with Crippen LogP contribution < -0.4 is 20.1 Å². The highest BCUT2D eigenvalue weighted by atomic mass is 16.7. The molecule has 0 amide bonds. The second-order valence-corrected chi connectivity index (χ2v) is 5.69. The van der Waals surface area contributed by atoms with Crippen molar-refractivity contribution in [2.75, 3.05) is 39.5 Å². The average molecular weight is 334 g/mol. The molecule has 0 aliphatic carbocycles. The van der Waals surface area contributed by atoms with Crippen molar-refractivity contribution in [2.45, 2.75) is 33.7 Å². The van der Waals surface area contributed by atoms with Gasteiger partial charge in [0.1, 0.15) is 0 Å². The standard InChI is InChI=1S/C18H30N4O2/c1-4-19-18(20-10-7-11-22(5-2)6-3)21-13-15-8-9-16-17(12-15)24-14-23-16/h8-9,12H,4-7,10-11,13-14H2,1-3H3,(H2,19,20,21). The fourth-order valence-electron chi connectivity index (χ4n) is 2.60. The number of nitrogens with zero attached hydrogens (tertiary/aromatic N) is 2. The van der Waals surface area contributed by atoms with Crippen molar-refractivity contribution in [3.8, 4) is 11.5 Å². The molecule has 0 bridgehead atoms. The Hall–Kier alpha value is -1.95. The van der Waals surface area contributed by atoms with Crippen molar-refractivity contribution in [3.05, 3.63) is 23.8 Å². The van der Waals surface area contributed by atoms with Crippen LogP contribution in [-0.4, -0.2) is 50.4 Å². The van der Waals surface area contributed by atoms with Gasteiger partial charge in [-0.25, -0.2) is 4.99 Å². The third-order valence-corrected chi connectivity index (χ3v) is 4.04. The van der Waals surface area contributed by atoms with Crippen LogP contribution in [-0.2, 0) is 6.54 Å². The van der Waals surface area contributed by atoms with E-state index in [1.54, 1.807) is 0 Å². The number of hydrogen-bond acceptors (Lipinski definition) is 4. The molecule has 0 saturated carbocycles. The molecular formula is C18H30N4O2. The third kappa shape index (κ3) is 5.60. The molecule has 6 heteroatoms. The van der Waals surface area contributed by atoms with Gasteiger partial charge in [0, 0.05) is 13.1 Å². The summed E-state index contributed by atoms with van der Waals surface area (Å²) in [6.45, 7) is 12.5. The monoisotopic (exact) mass is 334 g/mol. The Bertz CT molecular complexity index is 530. The van der Waals surface area contributed by atoms with E-state index in [4.69, 9.17) is 9.47 Å². The molecule has 2 rings (SSSR count). The van der Waals surface area contributed by atoms with Gasteiger partial charge >= 0.3 is 0 Å². The van der Waals surface area contributed by atoms with Crippen LogP contribution in [0.4, 0.5) is 0 Å². The van der Waals surface area contributed by atoms with Crippen molar-refractivity contribution in [2.24, 2.45) is 4.99 Å². The second-order valence-electron chi connectivity index (χ2n) is 5.69. The summed E-state index contributed by atoms with van der Waals surface area (Å²) < 4.78 is 10.7. The molecule has 0 saturated heterocycles. The molecule has 24 heavy (non-hydrogen) atoms. The zero-order valence-corrected chi connectivity index (χ0v) is 15.1. The number of rotatable bonds is 9. The van der Waals surface area contributed by atoms with Crippen LogP contribution in [0, 0.1) is 0 Å². The van der Waals surface area contributed by atoms with Gasteiger partial charge in [-0.05, 0) is 50.7 Å². The largest absolute Gasteiger partial charge is 0.454 e. The van der Waals surface area contributed by atoms with E-state index >= 15 is 0 Å². The maximum absolute atomic E-state index is 5.41. The normalized spacial score (nSPS) is 13.4. The fourth-order valence-corrected chi connectivity index (χ4v) is 2.60. The predicted molar refractivity (Wildman–Crippen MR) is 97.8 cm³/mol. The van der Waals surface area contributed by atoms with Crippen molar-refractivity contribution in [1.29, 1.82) is 0 Å². The molecule has 2 N–H and O–H groups in total. The molecule has 0 fully saturated rings. The lowest BCUT2D eigenvalue weighted by Crippen LogP contribution is -2.38. The van der Waals surface area contributed by atoms with Gasteiger partial charge in [0.25, 0.3) is 0 Å². The first kappa shape index (κ1) is 18.4. The first-order valence-electron chi connectivity index (χ1n) is 8.89. The molecule has 0 atom stereocenters.